The summed E-state index contributed by atoms with van der Waals surface area (Å²) in [5, 5.41) is 2.80. The van der Waals surface area contributed by atoms with Gasteiger partial charge in [-0.25, -0.2) is 4.79 Å². The number of fused-ring (bicyclic) bond motifs is 3. The zero-order chi connectivity index (χ0) is 26.4. The van der Waals surface area contributed by atoms with Gasteiger partial charge in [0.25, 0.3) is 0 Å². The minimum absolute atomic E-state index is 0.0591. The highest BCUT2D eigenvalue weighted by atomic mass is 16.6. The standard InChI is InChI=1S/C30H36N2O6/c31-28-12-5-6-13-29(28)37-21-20-36-19-18-35-17-16-34-15-7-14-32-30(33)38-22-27-25-10-3-1-8-23(25)24-9-2-4-11-26(24)27/h1-6,8-13,27H,7,14-22,31H2,(H,32,33). The van der Waals surface area contributed by atoms with Crippen molar-refractivity contribution in [3.63, 3.8) is 0 Å². The first-order valence-corrected chi connectivity index (χ1v) is 13.0. The number of ether oxygens (including phenoxy) is 5. The third kappa shape index (κ3) is 7.95. The van der Waals surface area contributed by atoms with Crippen molar-refractivity contribution in [2.45, 2.75) is 12.3 Å². The van der Waals surface area contributed by atoms with Crippen molar-refractivity contribution in [1.82, 2.24) is 5.32 Å². The van der Waals surface area contributed by atoms with Crippen LogP contribution < -0.4 is 15.8 Å². The number of carbonyl (C=O) groups excluding carboxylic acids is 1. The van der Waals surface area contributed by atoms with Gasteiger partial charge < -0.3 is 34.7 Å². The maximum atomic E-state index is 12.2. The van der Waals surface area contributed by atoms with Gasteiger partial charge in [-0.1, -0.05) is 60.7 Å². The van der Waals surface area contributed by atoms with Crippen molar-refractivity contribution in [1.29, 1.82) is 0 Å². The summed E-state index contributed by atoms with van der Waals surface area (Å²) in [4.78, 5) is 12.2. The Kier molecular flexibility index (Phi) is 10.8. The predicted octanol–water partition coefficient (Wildman–Crippen LogP) is 4.63. The Morgan fingerprint density at radius 1 is 0.711 bits per heavy atom. The van der Waals surface area contributed by atoms with Gasteiger partial charge in [-0.15, -0.1) is 0 Å². The Balaban J connectivity index is 0.967. The van der Waals surface area contributed by atoms with Gasteiger partial charge in [0, 0.05) is 19.1 Å². The van der Waals surface area contributed by atoms with Crippen LogP contribution >= 0.6 is 0 Å². The third-order valence-corrected chi connectivity index (χ3v) is 6.23. The molecule has 3 aromatic carbocycles. The number of nitrogens with one attached hydrogen (secondary N) is 1. The van der Waals surface area contributed by atoms with Crippen LogP contribution in [-0.2, 0) is 18.9 Å². The lowest BCUT2D eigenvalue weighted by atomic mass is 9.98. The van der Waals surface area contributed by atoms with Crippen molar-refractivity contribution in [3.05, 3.63) is 83.9 Å². The number of carbonyl (C=O) groups is 1. The molecule has 3 N–H and O–H groups in total. The fourth-order valence-corrected chi connectivity index (χ4v) is 4.38. The number of rotatable bonds is 16. The molecule has 0 heterocycles. The van der Waals surface area contributed by atoms with Crippen molar-refractivity contribution < 1.29 is 28.5 Å². The lowest BCUT2D eigenvalue weighted by molar-refractivity contribution is 0.00908. The lowest BCUT2D eigenvalue weighted by Gasteiger charge is -2.14. The summed E-state index contributed by atoms with van der Waals surface area (Å²) >= 11 is 0. The average Bonchev–Trinajstić information content (AvgIpc) is 3.26. The van der Waals surface area contributed by atoms with E-state index in [1.807, 2.05) is 42.5 Å². The molecule has 8 heteroatoms. The van der Waals surface area contributed by atoms with Crippen LogP contribution in [0.15, 0.2) is 72.8 Å². The molecule has 8 nitrogen and oxygen atoms in total. The first kappa shape index (κ1) is 27.4. The highest BCUT2D eigenvalue weighted by molar-refractivity contribution is 5.79. The van der Waals surface area contributed by atoms with Crippen LogP contribution in [0.4, 0.5) is 10.5 Å². The van der Waals surface area contributed by atoms with Crippen molar-refractivity contribution in [2.24, 2.45) is 0 Å². The molecule has 0 radical (unpaired) electrons. The number of amides is 1. The van der Waals surface area contributed by atoms with E-state index >= 15 is 0 Å². The SMILES string of the molecule is Nc1ccccc1OCCOCCOCCOCCCNC(=O)OCC1c2ccccc2-c2ccccc21. The third-order valence-electron chi connectivity index (χ3n) is 6.23. The summed E-state index contributed by atoms with van der Waals surface area (Å²) in [5.41, 5.74) is 11.3. The first-order chi connectivity index (χ1) is 18.7. The zero-order valence-corrected chi connectivity index (χ0v) is 21.6. The minimum Gasteiger partial charge on any atom is -0.489 e. The molecule has 0 bridgehead atoms. The van der Waals surface area contributed by atoms with E-state index in [9.17, 15) is 4.79 Å². The number of alkyl carbamates (subject to hydrolysis) is 1. The molecule has 38 heavy (non-hydrogen) atoms. The second-order valence-corrected chi connectivity index (χ2v) is 8.83. The Labute approximate surface area is 224 Å². The number of para-hydroxylation sites is 2. The van der Waals surface area contributed by atoms with Crippen LogP contribution in [0.3, 0.4) is 0 Å². The molecular weight excluding hydrogens is 484 g/mol. The van der Waals surface area contributed by atoms with Gasteiger partial charge in [0.05, 0.1) is 38.7 Å². The largest absolute Gasteiger partial charge is 0.489 e. The summed E-state index contributed by atoms with van der Waals surface area (Å²) in [7, 11) is 0. The predicted molar refractivity (Wildman–Crippen MR) is 146 cm³/mol. The molecule has 202 valence electrons. The number of hydrogen-bond acceptors (Lipinski definition) is 7. The normalized spacial score (nSPS) is 12.1. The van der Waals surface area contributed by atoms with Crippen LogP contribution in [0.1, 0.15) is 23.5 Å². The fourth-order valence-electron chi connectivity index (χ4n) is 4.38. The van der Waals surface area contributed by atoms with Gasteiger partial charge in [-0.3, -0.25) is 0 Å². The summed E-state index contributed by atoms with van der Waals surface area (Å²) in [5.74, 6) is 0.724. The molecule has 0 atom stereocenters. The second kappa shape index (κ2) is 15.0. The zero-order valence-electron chi connectivity index (χ0n) is 21.6. The molecule has 4 rings (SSSR count). The van der Waals surface area contributed by atoms with Crippen LogP contribution in [0.2, 0.25) is 0 Å². The molecule has 1 amide bonds. The van der Waals surface area contributed by atoms with Gasteiger partial charge in [-0.05, 0) is 40.8 Å². The van der Waals surface area contributed by atoms with E-state index in [0.29, 0.717) is 77.3 Å². The number of anilines is 1. The Morgan fingerprint density at radius 2 is 1.26 bits per heavy atom. The van der Waals surface area contributed by atoms with Crippen LogP contribution in [0, 0.1) is 0 Å². The van der Waals surface area contributed by atoms with E-state index < -0.39 is 6.09 Å². The van der Waals surface area contributed by atoms with Gasteiger partial charge >= 0.3 is 6.09 Å². The lowest BCUT2D eigenvalue weighted by Crippen LogP contribution is -2.27. The summed E-state index contributed by atoms with van der Waals surface area (Å²) < 4.78 is 27.6. The molecule has 0 unspecified atom stereocenters. The maximum Gasteiger partial charge on any atom is 0.407 e. The maximum absolute atomic E-state index is 12.2. The van der Waals surface area contributed by atoms with Crippen molar-refractivity contribution >= 4 is 11.8 Å². The molecule has 0 aliphatic heterocycles. The quantitative estimate of drug-likeness (QED) is 0.210. The van der Waals surface area contributed by atoms with Crippen LogP contribution in [0.25, 0.3) is 11.1 Å². The number of hydrogen-bond donors (Lipinski definition) is 2. The average molecular weight is 521 g/mol. The Morgan fingerprint density at radius 3 is 1.92 bits per heavy atom. The molecular formula is C30H36N2O6. The van der Waals surface area contributed by atoms with Crippen molar-refractivity contribution in [2.75, 3.05) is 65.1 Å². The molecule has 0 saturated carbocycles. The van der Waals surface area contributed by atoms with Crippen LogP contribution in [0.5, 0.6) is 5.75 Å². The van der Waals surface area contributed by atoms with Gasteiger partial charge in [0.1, 0.15) is 19.0 Å². The van der Waals surface area contributed by atoms with E-state index in [2.05, 4.69) is 29.6 Å². The number of benzene rings is 3. The molecule has 0 aromatic heterocycles. The summed E-state index contributed by atoms with van der Waals surface area (Å²) in [6, 6.07) is 23.9. The number of nitrogen functional groups attached to an aromatic ring is 1. The fraction of sp³-hybridized carbons (Fsp3) is 0.367. The second-order valence-electron chi connectivity index (χ2n) is 8.83. The summed E-state index contributed by atoms with van der Waals surface area (Å²) in [6.45, 7) is 4.17. The number of nitrogens with two attached hydrogens (primary N) is 1. The Hall–Kier alpha value is -3.59. The molecule has 1 aliphatic carbocycles. The van der Waals surface area contributed by atoms with E-state index in [-0.39, 0.29) is 5.92 Å². The molecule has 3 aromatic rings. The minimum atomic E-state index is -0.409. The first-order valence-electron chi connectivity index (χ1n) is 13.0. The Bertz CT molecular complexity index is 1110. The van der Waals surface area contributed by atoms with Crippen molar-refractivity contribution in [3.8, 4) is 16.9 Å². The summed E-state index contributed by atoms with van der Waals surface area (Å²) in [6.07, 6.45) is 0.284. The topological polar surface area (TPSA) is 101 Å². The smallest absolute Gasteiger partial charge is 0.407 e. The molecule has 0 fully saturated rings. The van der Waals surface area contributed by atoms with E-state index in [1.54, 1.807) is 6.07 Å². The van der Waals surface area contributed by atoms with Gasteiger partial charge in [0.15, 0.2) is 0 Å². The van der Waals surface area contributed by atoms with Crippen LogP contribution in [-0.4, -0.2) is 65.5 Å². The highest BCUT2D eigenvalue weighted by Gasteiger charge is 2.28. The highest BCUT2D eigenvalue weighted by Crippen LogP contribution is 2.44. The van der Waals surface area contributed by atoms with E-state index in [4.69, 9.17) is 29.4 Å². The molecule has 0 saturated heterocycles. The van der Waals surface area contributed by atoms with Gasteiger partial charge in [-0.2, -0.15) is 0 Å². The monoisotopic (exact) mass is 520 g/mol. The molecule has 0 spiro atoms. The van der Waals surface area contributed by atoms with E-state index in [1.165, 1.54) is 22.3 Å². The van der Waals surface area contributed by atoms with E-state index in [0.717, 1.165) is 0 Å². The molecule has 1 aliphatic rings. The van der Waals surface area contributed by atoms with Gasteiger partial charge in [0.2, 0.25) is 0 Å².